The monoisotopic (exact) mass is 299 g/mol. The maximum absolute atomic E-state index is 10.8. The number of rotatable bonds is 5. The van der Waals surface area contributed by atoms with Crippen LogP contribution in [0, 0.1) is 24.2 Å². The van der Waals surface area contributed by atoms with Gasteiger partial charge in [-0.2, -0.15) is 5.26 Å². The summed E-state index contributed by atoms with van der Waals surface area (Å²) in [6, 6.07) is 7.50. The van der Waals surface area contributed by atoms with E-state index in [1.807, 2.05) is 12.4 Å². The minimum absolute atomic E-state index is 0.392. The number of thiazole rings is 1. The Morgan fingerprint density at radius 3 is 2.76 bits per heavy atom. The fourth-order valence-electron chi connectivity index (χ4n) is 1.75. The highest BCUT2D eigenvalue weighted by atomic mass is 32.1. The van der Waals surface area contributed by atoms with Crippen molar-refractivity contribution in [2.24, 2.45) is 5.92 Å². The van der Waals surface area contributed by atoms with Gasteiger partial charge in [0.05, 0.1) is 17.9 Å². The molecule has 0 bridgehead atoms. The Morgan fingerprint density at radius 2 is 2.19 bits per heavy atom. The Labute approximate surface area is 128 Å². The van der Waals surface area contributed by atoms with Crippen LogP contribution in [0.15, 0.2) is 18.2 Å². The Balaban J connectivity index is 2.34. The average molecular weight is 299 g/mol. The van der Waals surface area contributed by atoms with Crippen LogP contribution in [0.5, 0.6) is 5.75 Å². The standard InChI is InChI=1S/C16H15N2O2S/c1-10(2)9-20-14-5-4-12(6-13(14)7-17)16-18-11(3)15(8-19)21-16/h4-6,10H,9H2,1-3H3. The van der Waals surface area contributed by atoms with Crippen molar-refractivity contribution < 1.29 is 9.53 Å². The minimum Gasteiger partial charge on any atom is -0.492 e. The third kappa shape index (κ3) is 3.47. The molecule has 0 saturated heterocycles. The molecule has 0 aliphatic heterocycles. The topological polar surface area (TPSA) is 63.0 Å². The molecule has 1 aromatic heterocycles. The van der Waals surface area contributed by atoms with Crippen molar-refractivity contribution in [2.75, 3.05) is 6.61 Å². The second-order valence-electron chi connectivity index (χ2n) is 5.06. The van der Waals surface area contributed by atoms with E-state index in [9.17, 15) is 10.1 Å². The lowest BCUT2D eigenvalue weighted by Gasteiger charge is -2.10. The maximum Gasteiger partial charge on any atom is 0.246 e. The zero-order valence-corrected chi connectivity index (χ0v) is 13.0. The molecule has 0 unspecified atom stereocenters. The molecule has 5 heteroatoms. The number of hydrogen-bond acceptors (Lipinski definition) is 5. The van der Waals surface area contributed by atoms with Gasteiger partial charge in [0.1, 0.15) is 21.7 Å². The van der Waals surface area contributed by atoms with Crippen LogP contribution in [0.2, 0.25) is 0 Å². The van der Waals surface area contributed by atoms with Gasteiger partial charge < -0.3 is 4.74 Å². The van der Waals surface area contributed by atoms with Crippen LogP contribution >= 0.6 is 11.3 Å². The molecule has 1 radical (unpaired) electrons. The minimum atomic E-state index is 0.392. The van der Waals surface area contributed by atoms with Gasteiger partial charge in [0, 0.05) is 5.56 Å². The van der Waals surface area contributed by atoms with Crippen LogP contribution in [-0.2, 0) is 4.79 Å². The molecule has 0 spiro atoms. The van der Waals surface area contributed by atoms with Crippen molar-refractivity contribution in [3.63, 3.8) is 0 Å². The molecule has 0 aliphatic rings. The number of hydrogen-bond donors (Lipinski definition) is 0. The summed E-state index contributed by atoms with van der Waals surface area (Å²) < 4.78 is 5.63. The summed E-state index contributed by atoms with van der Waals surface area (Å²) in [6.45, 7) is 6.44. The van der Waals surface area contributed by atoms with Gasteiger partial charge in [0.15, 0.2) is 0 Å². The Bertz CT molecular complexity index is 699. The van der Waals surface area contributed by atoms with E-state index in [0.29, 0.717) is 39.4 Å². The van der Waals surface area contributed by atoms with E-state index in [4.69, 9.17) is 4.74 Å². The molecule has 21 heavy (non-hydrogen) atoms. The number of ether oxygens (including phenoxy) is 1. The van der Waals surface area contributed by atoms with E-state index in [-0.39, 0.29) is 0 Å². The fourth-order valence-corrected chi connectivity index (χ4v) is 2.60. The van der Waals surface area contributed by atoms with Gasteiger partial charge in [-0.3, -0.25) is 4.79 Å². The molecule has 107 valence electrons. The Hall–Kier alpha value is -2.19. The summed E-state index contributed by atoms with van der Waals surface area (Å²) in [7, 11) is 0. The van der Waals surface area contributed by atoms with Gasteiger partial charge in [-0.25, -0.2) is 4.98 Å². The predicted molar refractivity (Wildman–Crippen MR) is 82.1 cm³/mol. The number of carbonyl (C=O) groups excluding carboxylic acids is 1. The smallest absolute Gasteiger partial charge is 0.246 e. The lowest BCUT2D eigenvalue weighted by atomic mass is 10.1. The number of aryl methyl sites for hydroxylation is 1. The van der Waals surface area contributed by atoms with E-state index in [0.717, 1.165) is 5.56 Å². The van der Waals surface area contributed by atoms with Crippen molar-refractivity contribution in [3.8, 4) is 22.4 Å². The third-order valence-electron chi connectivity index (χ3n) is 2.81. The zero-order chi connectivity index (χ0) is 15.4. The van der Waals surface area contributed by atoms with Crippen LogP contribution in [0.3, 0.4) is 0 Å². The molecule has 0 amide bonds. The van der Waals surface area contributed by atoms with Gasteiger partial charge in [-0.15, -0.1) is 11.3 Å². The summed E-state index contributed by atoms with van der Waals surface area (Å²) in [5.41, 5.74) is 1.93. The molecule has 1 aromatic carbocycles. The number of aromatic nitrogens is 1. The van der Waals surface area contributed by atoms with Crippen LogP contribution in [-0.4, -0.2) is 17.9 Å². The highest BCUT2D eigenvalue weighted by Gasteiger charge is 2.12. The SMILES string of the molecule is Cc1nc(-c2ccc(OCC(C)C)c(C#N)c2)sc1[C]=O. The van der Waals surface area contributed by atoms with E-state index >= 15 is 0 Å². The van der Waals surface area contributed by atoms with Crippen molar-refractivity contribution in [1.29, 1.82) is 5.26 Å². The molecule has 1 heterocycles. The van der Waals surface area contributed by atoms with Gasteiger partial charge >= 0.3 is 0 Å². The molecule has 0 aliphatic carbocycles. The predicted octanol–water partition coefficient (Wildman–Crippen LogP) is 3.48. The summed E-state index contributed by atoms with van der Waals surface area (Å²) in [4.78, 5) is 15.6. The summed E-state index contributed by atoms with van der Waals surface area (Å²) >= 11 is 1.27. The molecule has 0 N–H and O–H groups in total. The summed E-state index contributed by atoms with van der Waals surface area (Å²) in [5, 5.41) is 9.96. The average Bonchev–Trinajstić information content (AvgIpc) is 2.86. The molecular weight excluding hydrogens is 284 g/mol. The second-order valence-corrected chi connectivity index (χ2v) is 6.06. The van der Waals surface area contributed by atoms with Gasteiger partial charge in [0.2, 0.25) is 6.29 Å². The fraction of sp³-hybridized carbons (Fsp3) is 0.312. The molecule has 0 fully saturated rings. The first-order valence-corrected chi connectivity index (χ1v) is 7.39. The van der Waals surface area contributed by atoms with E-state index in [1.165, 1.54) is 11.3 Å². The normalized spacial score (nSPS) is 10.4. The summed E-state index contributed by atoms with van der Waals surface area (Å²) in [5.74, 6) is 0.967. The van der Waals surface area contributed by atoms with Crippen LogP contribution in [0.4, 0.5) is 0 Å². The molecule has 4 nitrogen and oxygen atoms in total. The molecule has 0 saturated carbocycles. The van der Waals surface area contributed by atoms with Crippen LogP contribution in [0.1, 0.15) is 30.0 Å². The number of nitrogens with zero attached hydrogens (tertiary/aromatic N) is 2. The second kappa shape index (κ2) is 6.51. The first-order chi connectivity index (χ1) is 10.0. The lowest BCUT2D eigenvalue weighted by Crippen LogP contribution is -2.05. The quantitative estimate of drug-likeness (QED) is 0.848. The Kier molecular flexibility index (Phi) is 4.71. The van der Waals surface area contributed by atoms with E-state index in [1.54, 1.807) is 19.1 Å². The first-order valence-electron chi connectivity index (χ1n) is 6.58. The largest absolute Gasteiger partial charge is 0.492 e. The maximum atomic E-state index is 10.8. The van der Waals surface area contributed by atoms with Crippen molar-refractivity contribution in [1.82, 2.24) is 4.98 Å². The van der Waals surface area contributed by atoms with Crippen LogP contribution < -0.4 is 4.74 Å². The lowest BCUT2D eigenvalue weighted by molar-refractivity contribution is 0.270. The van der Waals surface area contributed by atoms with E-state index in [2.05, 4.69) is 24.9 Å². The van der Waals surface area contributed by atoms with E-state index < -0.39 is 0 Å². The Morgan fingerprint density at radius 1 is 1.43 bits per heavy atom. The number of benzene rings is 1. The van der Waals surface area contributed by atoms with Crippen molar-refractivity contribution in [3.05, 3.63) is 34.3 Å². The zero-order valence-electron chi connectivity index (χ0n) is 12.1. The molecule has 2 aromatic rings. The van der Waals surface area contributed by atoms with Crippen molar-refractivity contribution >= 4 is 17.6 Å². The van der Waals surface area contributed by atoms with Crippen LogP contribution in [0.25, 0.3) is 10.6 Å². The molecular formula is C16H15N2O2S. The molecule has 0 atom stereocenters. The van der Waals surface area contributed by atoms with Crippen molar-refractivity contribution in [2.45, 2.75) is 20.8 Å². The van der Waals surface area contributed by atoms with Gasteiger partial charge in [-0.05, 0) is 31.0 Å². The van der Waals surface area contributed by atoms with Gasteiger partial charge in [-0.1, -0.05) is 13.8 Å². The highest BCUT2D eigenvalue weighted by Crippen LogP contribution is 2.30. The first kappa shape index (κ1) is 15.2. The van der Waals surface area contributed by atoms with Gasteiger partial charge in [0.25, 0.3) is 0 Å². The number of nitriles is 1. The molecule has 2 rings (SSSR count). The highest BCUT2D eigenvalue weighted by molar-refractivity contribution is 7.16. The third-order valence-corrected chi connectivity index (χ3v) is 3.91. The summed E-state index contributed by atoms with van der Waals surface area (Å²) in [6.07, 6.45) is 1.87.